The van der Waals surface area contributed by atoms with Crippen LogP contribution in [-0.4, -0.2) is 37.2 Å². The van der Waals surface area contributed by atoms with Crippen molar-refractivity contribution in [2.45, 2.75) is 258 Å². The molecule has 1 atom stereocenters. The van der Waals surface area contributed by atoms with Gasteiger partial charge in [0.25, 0.3) is 0 Å². The van der Waals surface area contributed by atoms with Crippen molar-refractivity contribution in [1.29, 1.82) is 0 Å². The highest BCUT2D eigenvalue weighted by atomic mass is 16.6. The van der Waals surface area contributed by atoms with E-state index in [1.807, 2.05) is 0 Å². The Hall–Kier alpha value is -2.89. The number of esters is 3. The molecule has 0 aromatic heterocycles. The Kier molecular flexibility index (Phi) is 47.4. The SMILES string of the molecule is CC/C=C\C/C=C\CCCCCCCCCC(=O)OC(COC(=O)CCCCCCC/C=C\C=C/CCCCCCCCC)COC(=O)CCCCCCC/C=C\CCCC. The minimum atomic E-state index is -0.786. The first-order valence-electron chi connectivity index (χ1n) is 25.8. The van der Waals surface area contributed by atoms with Crippen molar-refractivity contribution in [2.75, 3.05) is 13.2 Å². The molecule has 0 heterocycles. The van der Waals surface area contributed by atoms with Gasteiger partial charge in [0, 0.05) is 19.3 Å². The predicted molar refractivity (Wildman–Crippen MR) is 261 cm³/mol. The third-order valence-corrected chi connectivity index (χ3v) is 11.0. The van der Waals surface area contributed by atoms with Crippen LogP contribution in [0.15, 0.2) is 60.8 Å². The first-order valence-corrected chi connectivity index (χ1v) is 25.8. The summed E-state index contributed by atoms with van der Waals surface area (Å²) in [5.74, 6) is -0.917. The Labute approximate surface area is 377 Å². The maximum Gasteiger partial charge on any atom is 0.306 e. The molecule has 0 aliphatic carbocycles. The van der Waals surface area contributed by atoms with Crippen molar-refractivity contribution in [2.24, 2.45) is 0 Å². The van der Waals surface area contributed by atoms with Crippen LogP contribution in [0.25, 0.3) is 0 Å². The lowest BCUT2D eigenvalue weighted by molar-refractivity contribution is -0.167. The number of carbonyl (C=O) groups excluding carboxylic acids is 3. The van der Waals surface area contributed by atoms with E-state index < -0.39 is 6.10 Å². The van der Waals surface area contributed by atoms with Crippen molar-refractivity contribution in [3.63, 3.8) is 0 Å². The quantitative estimate of drug-likeness (QED) is 0.0200. The maximum absolute atomic E-state index is 12.8. The summed E-state index contributed by atoms with van der Waals surface area (Å²) in [4.78, 5) is 37.9. The largest absolute Gasteiger partial charge is 0.462 e. The molecule has 0 rings (SSSR count). The topological polar surface area (TPSA) is 78.9 Å². The van der Waals surface area contributed by atoms with Crippen molar-refractivity contribution in [1.82, 2.24) is 0 Å². The van der Waals surface area contributed by atoms with Crippen LogP contribution < -0.4 is 0 Å². The fourth-order valence-electron chi connectivity index (χ4n) is 7.10. The number of hydrogen-bond acceptors (Lipinski definition) is 6. The zero-order valence-electron chi connectivity index (χ0n) is 40.2. The monoisotopic (exact) mass is 853 g/mol. The van der Waals surface area contributed by atoms with Crippen LogP contribution in [0.1, 0.15) is 252 Å². The van der Waals surface area contributed by atoms with Gasteiger partial charge >= 0.3 is 17.9 Å². The summed E-state index contributed by atoms with van der Waals surface area (Å²) < 4.78 is 16.8. The van der Waals surface area contributed by atoms with E-state index in [0.29, 0.717) is 19.3 Å². The summed E-state index contributed by atoms with van der Waals surface area (Å²) >= 11 is 0. The van der Waals surface area contributed by atoms with Gasteiger partial charge in [-0.15, -0.1) is 0 Å². The lowest BCUT2D eigenvalue weighted by Gasteiger charge is -2.18. The molecule has 0 N–H and O–H groups in total. The number of allylic oxidation sites excluding steroid dienone is 10. The highest BCUT2D eigenvalue weighted by molar-refractivity contribution is 5.71. The summed E-state index contributed by atoms with van der Waals surface area (Å²) in [5.41, 5.74) is 0. The molecule has 1 unspecified atom stereocenters. The Morgan fingerprint density at radius 3 is 1.15 bits per heavy atom. The van der Waals surface area contributed by atoms with Crippen LogP contribution in [0.3, 0.4) is 0 Å². The molecule has 0 spiro atoms. The van der Waals surface area contributed by atoms with Crippen LogP contribution in [0, 0.1) is 0 Å². The molecule has 0 radical (unpaired) electrons. The van der Waals surface area contributed by atoms with E-state index in [9.17, 15) is 14.4 Å². The van der Waals surface area contributed by atoms with Crippen LogP contribution >= 0.6 is 0 Å². The van der Waals surface area contributed by atoms with E-state index in [0.717, 1.165) is 103 Å². The minimum Gasteiger partial charge on any atom is -0.462 e. The number of hydrogen-bond donors (Lipinski definition) is 0. The van der Waals surface area contributed by atoms with Gasteiger partial charge in [0.15, 0.2) is 6.10 Å². The van der Waals surface area contributed by atoms with E-state index in [4.69, 9.17) is 14.2 Å². The summed E-state index contributed by atoms with van der Waals surface area (Å²) in [6, 6.07) is 0. The molecule has 6 heteroatoms. The Balaban J connectivity index is 4.39. The zero-order chi connectivity index (χ0) is 44.4. The molecular weight excluding hydrogens is 757 g/mol. The molecule has 0 fully saturated rings. The predicted octanol–water partition coefficient (Wildman–Crippen LogP) is 16.9. The normalized spacial score (nSPS) is 12.5. The standard InChI is InChI=1S/C55H96O6/c1-4-7-10-13-16-19-22-24-26-27-28-29-31-33-36-39-42-45-48-54(57)60-51-52(50-59-53(56)47-44-41-38-35-32-21-18-15-12-9-6-3)61-55(58)49-46-43-40-37-34-30-25-23-20-17-14-11-8-5-2/h8,11,15,17-18,20,26-29,52H,4-7,9-10,12-14,16,19,21-25,30-51H2,1-3H3/b11-8-,18-15-,20-17-,27-26-,29-28-. The number of unbranched alkanes of at least 4 members (excludes halogenated alkanes) is 26. The van der Waals surface area contributed by atoms with E-state index in [2.05, 4.69) is 81.5 Å². The molecule has 352 valence electrons. The molecule has 61 heavy (non-hydrogen) atoms. The molecule has 0 saturated heterocycles. The van der Waals surface area contributed by atoms with Gasteiger partial charge < -0.3 is 14.2 Å². The molecule has 0 aliphatic heterocycles. The third kappa shape index (κ3) is 48.0. The second-order valence-electron chi connectivity index (χ2n) is 17.1. The molecule has 0 amide bonds. The van der Waals surface area contributed by atoms with Crippen LogP contribution in [-0.2, 0) is 28.6 Å². The minimum absolute atomic E-state index is 0.0870. The molecule has 0 saturated carbocycles. The van der Waals surface area contributed by atoms with Gasteiger partial charge in [0.1, 0.15) is 13.2 Å². The second-order valence-corrected chi connectivity index (χ2v) is 17.1. The Morgan fingerprint density at radius 2 is 0.705 bits per heavy atom. The molecule has 0 bridgehead atoms. The lowest BCUT2D eigenvalue weighted by Crippen LogP contribution is -2.30. The van der Waals surface area contributed by atoms with Gasteiger partial charge in [-0.1, -0.05) is 204 Å². The lowest BCUT2D eigenvalue weighted by atomic mass is 10.1. The summed E-state index contributed by atoms with van der Waals surface area (Å²) in [6.45, 7) is 6.47. The highest BCUT2D eigenvalue weighted by Crippen LogP contribution is 2.14. The summed E-state index contributed by atoms with van der Waals surface area (Å²) in [7, 11) is 0. The van der Waals surface area contributed by atoms with Crippen molar-refractivity contribution in [3.05, 3.63) is 60.8 Å². The molecule has 0 aromatic rings. The first-order chi connectivity index (χ1) is 30.0. The third-order valence-electron chi connectivity index (χ3n) is 11.0. The average molecular weight is 853 g/mol. The van der Waals surface area contributed by atoms with E-state index in [-0.39, 0.29) is 31.1 Å². The highest BCUT2D eigenvalue weighted by Gasteiger charge is 2.19. The van der Waals surface area contributed by atoms with Gasteiger partial charge in [-0.2, -0.15) is 0 Å². The van der Waals surface area contributed by atoms with Gasteiger partial charge in [-0.3, -0.25) is 14.4 Å². The second kappa shape index (κ2) is 49.8. The summed E-state index contributed by atoms with van der Waals surface area (Å²) in [5, 5.41) is 0. The molecule has 0 aromatic carbocycles. The van der Waals surface area contributed by atoms with E-state index >= 15 is 0 Å². The number of carbonyl (C=O) groups is 3. The molecule has 0 aliphatic rings. The number of ether oxygens (including phenoxy) is 3. The Morgan fingerprint density at radius 1 is 0.361 bits per heavy atom. The van der Waals surface area contributed by atoms with Crippen LogP contribution in [0.5, 0.6) is 0 Å². The van der Waals surface area contributed by atoms with E-state index in [1.54, 1.807) is 0 Å². The maximum atomic E-state index is 12.8. The zero-order valence-corrected chi connectivity index (χ0v) is 40.2. The van der Waals surface area contributed by atoms with E-state index in [1.165, 1.54) is 109 Å². The van der Waals surface area contributed by atoms with Crippen molar-refractivity contribution in [3.8, 4) is 0 Å². The van der Waals surface area contributed by atoms with Crippen molar-refractivity contribution < 1.29 is 28.6 Å². The fraction of sp³-hybridized carbons (Fsp3) is 0.764. The smallest absolute Gasteiger partial charge is 0.306 e. The van der Waals surface area contributed by atoms with Gasteiger partial charge in [-0.25, -0.2) is 0 Å². The van der Waals surface area contributed by atoms with Gasteiger partial charge in [-0.05, 0) is 89.9 Å². The first kappa shape index (κ1) is 58.1. The van der Waals surface area contributed by atoms with Crippen molar-refractivity contribution >= 4 is 17.9 Å². The van der Waals surface area contributed by atoms with Gasteiger partial charge in [0.2, 0.25) is 0 Å². The summed E-state index contributed by atoms with van der Waals surface area (Å²) in [6.07, 6.45) is 60.6. The average Bonchev–Trinajstić information content (AvgIpc) is 3.26. The fourth-order valence-corrected chi connectivity index (χ4v) is 7.10. The Bertz CT molecular complexity index is 1120. The molecular formula is C55H96O6. The molecule has 6 nitrogen and oxygen atoms in total. The number of rotatable bonds is 46. The van der Waals surface area contributed by atoms with Gasteiger partial charge in [0.05, 0.1) is 0 Å². The van der Waals surface area contributed by atoms with Crippen LogP contribution in [0.4, 0.5) is 0 Å². The van der Waals surface area contributed by atoms with Crippen LogP contribution in [0.2, 0.25) is 0 Å².